The van der Waals surface area contributed by atoms with Crippen LogP contribution in [0.3, 0.4) is 0 Å². The molecule has 3 aliphatic rings. The van der Waals surface area contributed by atoms with E-state index in [1.165, 1.54) is 43.7 Å². The second-order valence-electron chi connectivity index (χ2n) is 9.58. The van der Waals surface area contributed by atoms with Crippen LogP contribution in [-0.2, 0) is 9.53 Å². The number of carbonyl (C=O) groups is 2. The second kappa shape index (κ2) is 11.1. The molecule has 9 heteroatoms. The SMILES string of the molecule is O=C(CN1CCC(N2CCCCC2)CC1)Nc1nc(-c2ccco2)c(C(=O)C2CCOCC2)s1. The number of likely N-dealkylation sites (tertiary alicyclic amines) is 2. The lowest BCUT2D eigenvalue weighted by molar-refractivity contribution is -0.117. The van der Waals surface area contributed by atoms with Crippen LogP contribution in [0.4, 0.5) is 5.13 Å². The van der Waals surface area contributed by atoms with Crippen molar-refractivity contribution in [2.75, 3.05) is 51.3 Å². The van der Waals surface area contributed by atoms with Crippen molar-refractivity contribution in [2.24, 2.45) is 5.92 Å². The number of piperidine rings is 2. The molecule has 0 unspecified atom stereocenters. The number of furan rings is 1. The molecule has 3 saturated heterocycles. The van der Waals surface area contributed by atoms with Gasteiger partial charge in [0.05, 0.1) is 12.8 Å². The average Bonchev–Trinajstić information content (AvgIpc) is 3.55. The number of nitrogens with one attached hydrogen (secondary N) is 1. The van der Waals surface area contributed by atoms with Crippen LogP contribution < -0.4 is 5.32 Å². The fourth-order valence-electron chi connectivity index (χ4n) is 5.35. The summed E-state index contributed by atoms with van der Waals surface area (Å²) in [6.45, 7) is 5.89. The predicted octanol–water partition coefficient (Wildman–Crippen LogP) is 3.90. The minimum atomic E-state index is -0.0822. The Kier molecular flexibility index (Phi) is 7.73. The first-order valence-electron chi connectivity index (χ1n) is 12.6. The van der Waals surface area contributed by atoms with Crippen LogP contribution in [0.1, 0.15) is 54.6 Å². The number of hydrogen-bond acceptors (Lipinski definition) is 8. The van der Waals surface area contributed by atoms with Crippen molar-refractivity contribution in [2.45, 2.75) is 51.0 Å². The predicted molar refractivity (Wildman–Crippen MR) is 131 cm³/mol. The summed E-state index contributed by atoms with van der Waals surface area (Å²) in [5.41, 5.74) is 0.518. The van der Waals surface area contributed by atoms with E-state index in [1.807, 2.05) is 0 Å². The Morgan fingerprint density at radius 2 is 1.82 bits per heavy atom. The number of Topliss-reactive ketones (excluding diaryl/α,β-unsaturated/α-hetero) is 1. The molecule has 5 heterocycles. The van der Waals surface area contributed by atoms with Gasteiger partial charge >= 0.3 is 0 Å². The first-order valence-corrected chi connectivity index (χ1v) is 13.4. The fraction of sp³-hybridized carbons (Fsp3) is 0.640. The van der Waals surface area contributed by atoms with Crippen molar-refractivity contribution < 1.29 is 18.7 Å². The summed E-state index contributed by atoms with van der Waals surface area (Å²) < 4.78 is 11.0. The summed E-state index contributed by atoms with van der Waals surface area (Å²) >= 11 is 1.25. The molecule has 2 aromatic rings. The van der Waals surface area contributed by atoms with Crippen molar-refractivity contribution >= 4 is 28.2 Å². The monoisotopic (exact) mass is 486 g/mol. The van der Waals surface area contributed by atoms with E-state index in [1.54, 1.807) is 18.4 Å². The third kappa shape index (κ3) is 5.59. The lowest BCUT2D eigenvalue weighted by Crippen LogP contribution is -2.48. The highest BCUT2D eigenvalue weighted by Crippen LogP contribution is 2.35. The molecule has 3 aliphatic heterocycles. The van der Waals surface area contributed by atoms with Crippen LogP contribution in [0.25, 0.3) is 11.5 Å². The van der Waals surface area contributed by atoms with Gasteiger partial charge in [0.25, 0.3) is 0 Å². The van der Waals surface area contributed by atoms with Gasteiger partial charge in [-0.1, -0.05) is 17.8 Å². The summed E-state index contributed by atoms with van der Waals surface area (Å²) in [7, 11) is 0. The van der Waals surface area contributed by atoms with Crippen molar-refractivity contribution in [3.8, 4) is 11.5 Å². The molecule has 1 amide bonds. The molecule has 0 atom stereocenters. The Hall–Kier alpha value is -2.07. The molecular weight excluding hydrogens is 452 g/mol. The van der Waals surface area contributed by atoms with E-state index in [0.717, 1.165) is 25.9 Å². The summed E-state index contributed by atoms with van der Waals surface area (Å²) in [5.74, 6) is 0.452. The minimum Gasteiger partial charge on any atom is -0.463 e. The van der Waals surface area contributed by atoms with Gasteiger partial charge in [-0.25, -0.2) is 4.98 Å². The highest BCUT2D eigenvalue weighted by molar-refractivity contribution is 7.18. The maximum atomic E-state index is 13.2. The van der Waals surface area contributed by atoms with Crippen molar-refractivity contribution in [3.63, 3.8) is 0 Å². The zero-order valence-corrected chi connectivity index (χ0v) is 20.5. The molecule has 2 aromatic heterocycles. The summed E-state index contributed by atoms with van der Waals surface area (Å²) in [6, 6.07) is 4.24. The van der Waals surface area contributed by atoms with Crippen LogP contribution in [0.15, 0.2) is 22.8 Å². The van der Waals surface area contributed by atoms with E-state index in [9.17, 15) is 9.59 Å². The van der Waals surface area contributed by atoms with E-state index < -0.39 is 0 Å². The van der Waals surface area contributed by atoms with Crippen LogP contribution in [-0.4, -0.2) is 78.5 Å². The summed E-state index contributed by atoms with van der Waals surface area (Å²) in [4.78, 5) is 36.1. The number of ether oxygens (including phenoxy) is 1. The number of anilines is 1. The van der Waals surface area contributed by atoms with Crippen molar-refractivity contribution in [3.05, 3.63) is 23.3 Å². The Balaban J connectivity index is 1.20. The Morgan fingerprint density at radius 1 is 1.06 bits per heavy atom. The van der Waals surface area contributed by atoms with Gasteiger partial charge < -0.3 is 19.4 Å². The summed E-state index contributed by atoms with van der Waals surface area (Å²) in [6.07, 6.45) is 9.23. The molecule has 5 rings (SSSR count). The third-order valence-corrected chi connectivity index (χ3v) is 8.26. The number of aromatic nitrogens is 1. The van der Waals surface area contributed by atoms with Gasteiger partial charge in [0.15, 0.2) is 16.7 Å². The van der Waals surface area contributed by atoms with Crippen LogP contribution in [0.5, 0.6) is 0 Å². The van der Waals surface area contributed by atoms with Gasteiger partial charge in [0.2, 0.25) is 5.91 Å². The topological polar surface area (TPSA) is 87.9 Å². The molecule has 34 heavy (non-hydrogen) atoms. The number of thiazole rings is 1. The lowest BCUT2D eigenvalue weighted by Gasteiger charge is -2.40. The largest absolute Gasteiger partial charge is 0.463 e. The Bertz CT molecular complexity index is 956. The maximum absolute atomic E-state index is 13.2. The standard InChI is InChI=1S/C25H34N4O4S/c30-21(17-28-12-6-19(7-13-28)29-10-2-1-3-11-29)26-25-27-22(20-5-4-14-33-20)24(34-25)23(31)18-8-15-32-16-9-18/h4-5,14,18-19H,1-3,6-13,15-17H2,(H,26,27,30). The van der Waals surface area contributed by atoms with Gasteiger partial charge in [-0.2, -0.15) is 0 Å². The normalized spacial score (nSPS) is 21.5. The molecule has 0 aliphatic carbocycles. The van der Waals surface area contributed by atoms with Crippen LogP contribution in [0.2, 0.25) is 0 Å². The number of nitrogens with zero attached hydrogens (tertiary/aromatic N) is 3. The average molecular weight is 487 g/mol. The molecule has 0 bridgehead atoms. The van der Waals surface area contributed by atoms with E-state index >= 15 is 0 Å². The van der Waals surface area contributed by atoms with Crippen molar-refractivity contribution in [1.82, 2.24) is 14.8 Å². The molecule has 8 nitrogen and oxygen atoms in total. The Labute approximate surface area is 204 Å². The van der Waals surface area contributed by atoms with Gasteiger partial charge in [-0.15, -0.1) is 0 Å². The quantitative estimate of drug-likeness (QED) is 0.594. The van der Waals surface area contributed by atoms with E-state index in [4.69, 9.17) is 9.15 Å². The van der Waals surface area contributed by atoms with Gasteiger partial charge in [-0.05, 0) is 63.7 Å². The second-order valence-corrected chi connectivity index (χ2v) is 10.6. The number of amides is 1. The van der Waals surface area contributed by atoms with E-state index in [-0.39, 0.29) is 17.6 Å². The molecule has 1 N–H and O–H groups in total. The molecule has 3 fully saturated rings. The van der Waals surface area contributed by atoms with Gasteiger partial charge in [-0.3, -0.25) is 14.5 Å². The van der Waals surface area contributed by atoms with Gasteiger partial charge in [0.1, 0.15) is 10.6 Å². The maximum Gasteiger partial charge on any atom is 0.240 e. The highest BCUT2D eigenvalue weighted by Gasteiger charge is 2.30. The minimum absolute atomic E-state index is 0.0625. The molecule has 0 saturated carbocycles. The van der Waals surface area contributed by atoms with Crippen LogP contribution >= 0.6 is 11.3 Å². The highest BCUT2D eigenvalue weighted by atomic mass is 32.1. The van der Waals surface area contributed by atoms with E-state index in [2.05, 4.69) is 20.1 Å². The smallest absolute Gasteiger partial charge is 0.240 e. The number of ketones is 1. The third-order valence-electron chi connectivity index (χ3n) is 7.28. The van der Waals surface area contributed by atoms with Crippen LogP contribution in [0, 0.1) is 5.92 Å². The fourth-order valence-corrected chi connectivity index (χ4v) is 6.36. The molecular formula is C25H34N4O4S. The first kappa shape index (κ1) is 23.7. The molecule has 0 aromatic carbocycles. The van der Waals surface area contributed by atoms with Crippen molar-refractivity contribution in [1.29, 1.82) is 0 Å². The van der Waals surface area contributed by atoms with Gasteiger partial charge in [0, 0.05) is 38.3 Å². The first-order chi connectivity index (χ1) is 16.7. The summed E-state index contributed by atoms with van der Waals surface area (Å²) in [5, 5.41) is 3.40. The molecule has 0 spiro atoms. The number of rotatable bonds is 7. The zero-order valence-electron chi connectivity index (χ0n) is 19.7. The molecule has 184 valence electrons. The number of carbonyl (C=O) groups excluding carboxylic acids is 2. The van der Waals surface area contributed by atoms with E-state index in [0.29, 0.717) is 60.1 Å². The number of hydrogen-bond donors (Lipinski definition) is 1. The zero-order chi connectivity index (χ0) is 23.3. The Morgan fingerprint density at radius 3 is 2.53 bits per heavy atom. The molecule has 0 radical (unpaired) electrons. The lowest BCUT2D eigenvalue weighted by atomic mass is 9.94.